The van der Waals surface area contributed by atoms with Gasteiger partial charge in [0.25, 0.3) is 0 Å². The summed E-state index contributed by atoms with van der Waals surface area (Å²) in [6.07, 6.45) is -4.82. The van der Waals surface area contributed by atoms with Crippen LogP contribution < -0.4 is 0 Å². The maximum absolute atomic E-state index is 13.3. The van der Waals surface area contributed by atoms with Crippen LogP contribution >= 0.6 is 0 Å². The summed E-state index contributed by atoms with van der Waals surface area (Å²) in [4.78, 5) is 33.9. The van der Waals surface area contributed by atoms with E-state index in [4.69, 9.17) is 0 Å². The first kappa shape index (κ1) is 28.3. The smallest absolute Gasteiger partial charge is 0.287 e. The van der Waals surface area contributed by atoms with Gasteiger partial charge in [-0.3, -0.25) is 9.59 Å². The number of ketones is 2. The summed E-state index contributed by atoms with van der Waals surface area (Å²) >= 11 is 0. The molecule has 1 aliphatic carbocycles. The Morgan fingerprint density at radius 2 is 1.12 bits per heavy atom. The van der Waals surface area contributed by atoms with Crippen LogP contribution in [-0.4, -0.2) is 38.4 Å². The lowest BCUT2D eigenvalue weighted by Gasteiger charge is -2.19. The molecule has 0 radical (unpaired) electrons. The number of hydrogen-bond acceptors (Lipinski definition) is 8. The molecule has 0 aliphatic heterocycles. The number of fused-ring (bicyclic) bond motifs is 2. The number of carbonyl (C=O) groups excluding carboxylic acids is 2. The Bertz CT molecular complexity index is 1970. The number of hydrogen-bond donors (Lipinski definition) is 0. The van der Waals surface area contributed by atoms with Gasteiger partial charge in [-0.2, -0.15) is 13.2 Å². The molecule has 0 saturated carbocycles. The van der Waals surface area contributed by atoms with Gasteiger partial charge in [-0.25, -0.2) is 26.8 Å². The van der Waals surface area contributed by atoms with Crippen LogP contribution in [-0.2, 0) is 37.4 Å². The van der Waals surface area contributed by atoms with E-state index in [9.17, 15) is 39.6 Å². The van der Waals surface area contributed by atoms with E-state index < -0.39 is 82.2 Å². The van der Waals surface area contributed by atoms with Crippen molar-refractivity contribution in [2.75, 3.05) is 0 Å². The van der Waals surface area contributed by atoms with E-state index in [-0.39, 0.29) is 16.0 Å². The SMILES string of the molecule is Cc1cccc(S(=O)(=O)Cc2nc3c(nc2CS(=O)(=O)c2cccc(C(F)(F)F)c2)C(=O)c2ccccc2C3=O)c1. The quantitative estimate of drug-likeness (QED) is 0.278. The number of halogens is 3. The Balaban J connectivity index is 1.66. The zero-order valence-corrected chi connectivity index (χ0v) is 22.8. The molecule has 1 heterocycles. The minimum Gasteiger partial charge on any atom is -0.287 e. The second-order valence-electron chi connectivity index (χ2n) is 9.38. The molecular weight excluding hydrogens is 581 g/mol. The number of benzene rings is 3. The molecule has 5 rings (SSSR count). The highest BCUT2D eigenvalue weighted by atomic mass is 32.2. The van der Waals surface area contributed by atoms with Crippen LogP contribution in [0.25, 0.3) is 0 Å². The lowest BCUT2D eigenvalue weighted by atomic mass is 9.89. The standard InChI is InChI=1S/C28H19F3N2O6S2/c1-16-6-4-8-18(12-16)40(36,37)14-22-23(15-41(38,39)19-9-5-7-17(13-19)28(29,30)31)33-25-24(32-22)26(34)20-10-2-3-11-21(20)27(25)35/h2-13H,14-15H2,1H3. The van der Waals surface area contributed by atoms with Crippen LogP contribution in [0.5, 0.6) is 0 Å². The number of nitrogens with zero attached hydrogens (tertiary/aromatic N) is 2. The van der Waals surface area contributed by atoms with Crippen molar-refractivity contribution >= 4 is 31.2 Å². The molecule has 0 fully saturated rings. The van der Waals surface area contributed by atoms with Crippen molar-refractivity contribution in [1.29, 1.82) is 0 Å². The molecule has 4 aromatic rings. The molecule has 0 amide bonds. The van der Waals surface area contributed by atoms with Gasteiger partial charge in [0, 0.05) is 11.1 Å². The van der Waals surface area contributed by atoms with Gasteiger partial charge in [-0.15, -0.1) is 0 Å². The van der Waals surface area contributed by atoms with Gasteiger partial charge >= 0.3 is 6.18 Å². The van der Waals surface area contributed by atoms with Gasteiger partial charge in [0.15, 0.2) is 19.7 Å². The van der Waals surface area contributed by atoms with Gasteiger partial charge in [-0.05, 0) is 42.8 Å². The summed E-state index contributed by atoms with van der Waals surface area (Å²) in [7, 11) is -8.72. The van der Waals surface area contributed by atoms with E-state index in [1.165, 1.54) is 42.5 Å². The zero-order chi connectivity index (χ0) is 29.7. The van der Waals surface area contributed by atoms with Crippen molar-refractivity contribution in [3.63, 3.8) is 0 Å². The fourth-order valence-corrected chi connectivity index (χ4v) is 7.15. The number of alkyl halides is 3. The summed E-state index contributed by atoms with van der Waals surface area (Å²) in [6, 6.07) is 14.8. The number of aryl methyl sites for hydroxylation is 1. The van der Waals surface area contributed by atoms with E-state index in [1.54, 1.807) is 13.0 Å². The van der Waals surface area contributed by atoms with Crippen LogP contribution in [0.1, 0.15) is 54.6 Å². The highest BCUT2D eigenvalue weighted by molar-refractivity contribution is 7.91. The number of carbonyl (C=O) groups is 2. The fraction of sp³-hybridized carbons (Fsp3) is 0.143. The van der Waals surface area contributed by atoms with E-state index in [0.717, 1.165) is 12.1 Å². The topological polar surface area (TPSA) is 128 Å². The van der Waals surface area contributed by atoms with Crippen LogP contribution in [0, 0.1) is 6.92 Å². The van der Waals surface area contributed by atoms with Crippen molar-refractivity contribution in [2.24, 2.45) is 0 Å². The molecule has 3 aromatic carbocycles. The van der Waals surface area contributed by atoms with Crippen molar-refractivity contribution in [1.82, 2.24) is 9.97 Å². The van der Waals surface area contributed by atoms with Gasteiger partial charge in [0.1, 0.15) is 11.4 Å². The lowest BCUT2D eigenvalue weighted by molar-refractivity contribution is -0.137. The third kappa shape index (κ3) is 5.42. The van der Waals surface area contributed by atoms with Crippen LogP contribution in [0.3, 0.4) is 0 Å². The highest BCUT2D eigenvalue weighted by Crippen LogP contribution is 2.32. The van der Waals surface area contributed by atoms with Crippen LogP contribution in [0.4, 0.5) is 13.2 Å². The molecule has 41 heavy (non-hydrogen) atoms. The number of sulfone groups is 2. The third-order valence-electron chi connectivity index (χ3n) is 6.42. The predicted molar refractivity (Wildman–Crippen MR) is 140 cm³/mol. The average Bonchev–Trinajstić information content (AvgIpc) is 2.92. The Hall–Kier alpha value is -4.23. The summed E-state index contributed by atoms with van der Waals surface area (Å²) in [6.45, 7) is 1.67. The second-order valence-corrected chi connectivity index (χ2v) is 13.4. The third-order valence-corrected chi connectivity index (χ3v) is 9.67. The van der Waals surface area contributed by atoms with Crippen molar-refractivity contribution in [3.8, 4) is 0 Å². The Labute approximate surface area is 232 Å². The van der Waals surface area contributed by atoms with Gasteiger partial charge in [0.05, 0.1) is 38.2 Å². The summed E-state index contributed by atoms with van der Waals surface area (Å²) in [5.41, 5.74) is -2.34. The summed E-state index contributed by atoms with van der Waals surface area (Å²) in [5, 5.41) is 0. The summed E-state index contributed by atoms with van der Waals surface area (Å²) < 4.78 is 93.0. The first-order valence-electron chi connectivity index (χ1n) is 11.9. The first-order valence-corrected chi connectivity index (χ1v) is 15.3. The van der Waals surface area contributed by atoms with E-state index >= 15 is 0 Å². The molecule has 1 aliphatic rings. The summed E-state index contributed by atoms with van der Waals surface area (Å²) in [5.74, 6) is -3.39. The molecule has 210 valence electrons. The Kier molecular flexibility index (Phi) is 6.90. The average molecular weight is 601 g/mol. The lowest BCUT2D eigenvalue weighted by Crippen LogP contribution is -2.27. The predicted octanol–water partition coefficient (Wildman–Crippen LogP) is 4.53. The molecule has 8 nitrogen and oxygen atoms in total. The molecule has 1 aromatic heterocycles. The number of rotatable bonds is 6. The van der Waals surface area contributed by atoms with E-state index in [0.29, 0.717) is 17.7 Å². The van der Waals surface area contributed by atoms with E-state index in [1.807, 2.05) is 0 Å². The Morgan fingerprint density at radius 1 is 0.659 bits per heavy atom. The largest absolute Gasteiger partial charge is 0.416 e. The maximum Gasteiger partial charge on any atom is 0.416 e. The molecule has 0 unspecified atom stereocenters. The minimum atomic E-state index is -4.82. The zero-order valence-electron chi connectivity index (χ0n) is 21.1. The van der Waals surface area contributed by atoms with Crippen LogP contribution in [0.15, 0.2) is 82.6 Å². The molecule has 0 atom stereocenters. The van der Waals surface area contributed by atoms with Gasteiger partial charge < -0.3 is 0 Å². The van der Waals surface area contributed by atoms with Crippen LogP contribution in [0.2, 0.25) is 0 Å². The molecule has 0 saturated heterocycles. The van der Waals surface area contributed by atoms with Gasteiger partial charge in [-0.1, -0.05) is 42.5 Å². The molecule has 0 bridgehead atoms. The molecule has 13 heteroatoms. The van der Waals surface area contributed by atoms with Crippen molar-refractivity contribution < 1.29 is 39.6 Å². The fourth-order valence-electron chi connectivity index (χ4n) is 4.39. The molecule has 0 N–H and O–H groups in total. The first-order chi connectivity index (χ1) is 19.2. The maximum atomic E-state index is 13.3. The van der Waals surface area contributed by atoms with Crippen molar-refractivity contribution in [3.05, 3.63) is 118 Å². The highest BCUT2D eigenvalue weighted by Gasteiger charge is 2.36. The normalized spacial score (nSPS) is 13.6. The monoisotopic (exact) mass is 600 g/mol. The molecular formula is C28H19F3N2O6S2. The minimum absolute atomic E-state index is 0.00566. The van der Waals surface area contributed by atoms with E-state index in [2.05, 4.69) is 9.97 Å². The second kappa shape index (κ2) is 10.00. The van der Waals surface area contributed by atoms with Crippen molar-refractivity contribution in [2.45, 2.75) is 34.4 Å². The Morgan fingerprint density at radius 3 is 1.59 bits per heavy atom. The number of aromatic nitrogens is 2. The van der Waals surface area contributed by atoms with Gasteiger partial charge in [0.2, 0.25) is 11.6 Å². The molecule has 0 spiro atoms.